The van der Waals surface area contributed by atoms with Crippen LogP contribution in [0.4, 0.5) is 14.9 Å². The monoisotopic (exact) mass is 245 g/mol. The Bertz CT molecular complexity index is 596. The largest absolute Gasteiger partial charge is 0.465 e. The third kappa shape index (κ3) is 2.66. The molecule has 0 radical (unpaired) electrons. The lowest BCUT2D eigenvalue weighted by molar-refractivity contribution is 0.210. The SMILES string of the molecule is Cc1ccc(NC(=O)O)c(-c2cccc(F)c2)c1. The molecule has 2 aromatic carbocycles. The summed E-state index contributed by atoms with van der Waals surface area (Å²) in [6.45, 7) is 1.90. The molecule has 0 fully saturated rings. The van der Waals surface area contributed by atoms with Crippen molar-refractivity contribution in [2.75, 3.05) is 5.32 Å². The van der Waals surface area contributed by atoms with Crippen molar-refractivity contribution >= 4 is 11.8 Å². The molecule has 2 N–H and O–H groups in total. The van der Waals surface area contributed by atoms with Crippen LogP contribution in [0.2, 0.25) is 0 Å². The molecule has 0 spiro atoms. The van der Waals surface area contributed by atoms with Gasteiger partial charge in [0.1, 0.15) is 5.82 Å². The second-order valence-electron chi connectivity index (χ2n) is 3.99. The predicted octanol–water partition coefficient (Wildman–Crippen LogP) is 3.89. The first-order valence-electron chi connectivity index (χ1n) is 5.43. The minimum atomic E-state index is -1.14. The number of aryl methyl sites for hydroxylation is 1. The summed E-state index contributed by atoms with van der Waals surface area (Å²) in [4.78, 5) is 10.7. The third-order valence-corrected chi connectivity index (χ3v) is 2.55. The smallest absolute Gasteiger partial charge is 0.409 e. The minimum absolute atomic E-state index is 0.352. The quantitative estimate of drug-likeness (QED) is 0.843. The Morgan fingerprint density at radius 1 is 1.22 bits per heavy atom. The van der Waals surface area contributed by atoms with E-state index in [2.05, 4.69) is 5.32 Å². The maximum Gasteiger partial charge on any atom is 0.409 e. The molecule has 0 aliphatic carbocycles. The highest BCUT2D eigenvalue weighted by Gasteiger charge is 2.08. The van der Waals surface area contributed by atoms with Crippen molar-refractivity contribution in [2.24, 2.45) is 0 Å². The van der Waals surface area contributed by atoms with Crippen molar-refractivity contribution in [1.29, 1.82) is 0 Å². The highest BCUT2D eigenvalue weighted by atomic mass is 19.1. The van der Waals surface area contributed by atoms with Crippen molar-refractivity contribution in [2.45, 2.75) is 6.92 Å². The first-order chi connectivity index (χ1) is 8.56. The number of amides is 1. The summed E-state index contributed by atoms with van der Waals surface area (Å²) in [6.07, 6.45) is -1.14. The number of nitrogens with one attached hydrogen (secondary N) is 1. The van der Waals surface area contributed by atoms with E-state index in [-0.39, 0.29) is 5.82 Å². The highest BCUT2D eigenvalue weighted by Crippen LogP contribution is 2.29. The number of halogens is 1. The second-order valence-corrected chi connectivity index (χ2v) is 3.99. The van der Waals surface area contributed by atoms with Crippen LogP contribution in [0.25, 0.3) is 11.1 Å². The third-order valence-electron chi connectivity index (χ3n) is 2.55. The molecule has 0 aromatic heterocycles. The van der Waals surface area contributed by atoms with Gasteiger partial charge in [0.2, 0.25) is 0 Å². The number of benzene rings is 2. The first kappa shape index (κ1) is 12.1. The molecular weight excluding hydrogens is 233 g/mol. The van der Waals surface area contributed by atoms with Crippen molar-refractivity contribution in [3.63, 3.8) is 0 Å². The van der Waals surface area contributed by atoms with Gasteiger partial charge in [0.15, 0.2) is 0 Å². The van der Waals surface area contributed by atoms with Crippen LogP contribution < -0.4 is 5.32 Å². The molecule has 3 nitrogen and oxygen atoms in total. The summed E-state index contributed by atoms with van der Waals surface area (Å²) >= 11 is 0. The van der Waals surface area contributed by atoms with Crippen LogP contribution in [0, 0.1) is 12.7 Å². The summed E-state index contributed by atoms with van der Waals surface area (Å²) in [5, 5.41) is 11.1. The summed E-state index contributed by atoms with van der Waals surface area (Å²) in [5.41, 5.74) is 2.73. The lowest BCUT2D eigenvalue weighted by Gasteiger charge is -2.10. The van der Waals surface area contributed by atoms with Gasteiger partial charge in [-0.2, -0.15) is 0 Å². The van der Waals surface area contributed by atoms with Gasteiger partial charge in [0.25, 0.3) is 0 Å². The van der Waals surface area contributed by atoms with E-state index in [4.69, 9.17) is 5.11 Å². The molecule has 4 heteroatoms. The average molecular weight is 245 g/mol. The van der Waals surface area contributed by atoms with Crippen LogP contribution >= 0.6 is 0 Å². The number of carbonyl (C=O) groups is 1. The molecule has 0 heterocycles. The average Bonchev–Trinajstić information content (AvgIpc) is 2.31. The number of rotatable bonds is 2. The van der Waals surface area contributed by atoms with Gasteiger partial charge in [-0.05, 0) is 36.8 Å². The van der Waals surface area contributed by atoms with Crippen LogP contribution in [-0.2, 0) is 0 Å². The van der Waals surface area contributed by atoms with Gasteiger partial charge in [-0.15, -0.1) is 0 Å². The number of carboxylic acid groups (broad SMARTS) is 1. The lowest BCUT2D eigenvalue weighted by atomic mass is 10.0. The molecule has 0 saturated carbocycles. The Morgan fingerprint density at radius 3 is 2.67 bits per heavy atom. The second kappa shape index (κ2) is 4.87. The minimum Gasteiger partial charge on any atom is -0.465 e. The molecule has 1 amide bonds. The van der Waals surface area contributed by atoms with Gasteiger partial charge in [0.05, 0.1) is 5.69 Å². The predicted molar refractivity (Wildman–Crippen MR) is 68.2 cm³/mol. The van der Waals surface area contributed by atoms with E-state index in [1.807, 2.05) is 13.0 Å². The molecule has 0 bridgehead atoms. The van der Waals surface area contributed by atoms with Gasteiger partial charge >= 0.3 is 6.09 Å². The van der Waals surface area contributed by atoms with Crippen LogP contribution in [-0.4, -0.2) is 11.2 Å². The van der Waals surface area contributed by atoms with Gasteiger partial charge in [-0.3, -0.25) is 5.32 Å². The molecular formula is C14H12FNO2. The van der Waals surface area contributed by atoms with Crippen molar-refractivity contribution in [1.82, 2.24) is 0 Å². The number of anilines is 1. The Hall–Kier alpha value is -2.36. The molecule has 0 aliphatic rings. The molecule has 92 valence electrons. The van der Waals surface area contributed by atoms with Crippen molar-refractivity contribution < 1.29 is 14.3 Å². The van der Waals surface area contributed by atoms with Crippen LogP contribution in [0.15, 0.2) is 42.5 Å². The van der Waals surface area contributed by atoms with Crippen molar-refractivity contribution in [3.05, 3.63) is 53.8 Å². The summed E-state index contributed by atoms with van der Waals surface area (Å²) in [7, 11) is 0. The van der Waals surface area contributed by atoms with E-state index in [1.165, 1.54) is 12.1 Å². The van der Waals surface area contributed by atoms with Gasteiger partial charge in [-0.25, -0.2) is 9.18 Å². The Balaban J connectivity index is 2.54. The van der Waals surface area contributed by atoms with Crippen LogP contribution in [0.5, 0.6) is 0 Å². The van der Waals surface area contributed by atoms with Gasteiger partial charge in [-0.1, -0.05) is 23.8 Å². The highest BCUT2D eigenvalue weighted by molar-refractivity contribution is 5.90. The topological polar surface area (TPSA) is 49.3 Å². The molecule has 0 unspecified atom stereocenters. The zero-order chi connectivity index (χ0) is 13.1. The molecule has 0 atom stereocenters. The molecule has 2 rings (SSSR count). The lowest BCUT2D eigenvalue weighted by Crippen LogP contribution is -2.08. The fraction of sp³-hybridized carbons (Fsp3) is 0.0714. The summed E-state index contributed by atoms with van der Waals surface area (Å²) in [5.74, 6) is -0.352. The van der Waals surface area contributed by atoms with Crippen LogP contribution in [0.3, 0.4) is 0 Å². The normalized spacial score (nSPS) is 10.1. The Kier molecular flexibility index (Phi) is 3.28. The van der Waals surface area contributed by atoms with E-state index >= 15 is 0 Å². The maximum atomic E-state index is 13.2. The maximum absolute atomic E-state index is 13.2. The Morgan fingerprint density at radius 2 is 2.00 bits per heavy atom. The zero-order valence-electron chi connectivity index (χ0n) is 9.77. The molecule has 18 heavy (non-hydrogen) atoms. The van der Waals surface area contributed by atoms with E-state index in [9.17, 15) is 9.18 Å². The van der Waals surface area contributed by atoms with Crippen LogP contribution in [0.1, 0.15) is 5.56 Å². The van der Waals surface area contributed by atoms with Gasteiger partial charge < -0.3 is 5.11 Å². The van der Waals surface area contributed by atoms with E-state index in [1.54, 1.807) is 24.3 Å². The number of hydrogen-bond donors (Lipinski definition) is 2. The fourth-order valence-corrected chi connectivity index (χ4v) is 1.78. The molecule has 0 saturated heterocycles. The number of hydrogen-bond acceptors (Lipinski definition) is 1. The first-order valence-corrected chi connectivity index (χ1v) is 5.43. The summed E-state index contributed by atoms with van der Waals surface area (Å²) in [6, 6.07) is 11.4. The van der Waals surface area contributed by atoms with Crippen molar-refractivity contribution in [3.8, 4) is 11.1 Å². The molecule has 2 aromatic rings. The van der Waals surface area contributed by atoms with Gasteiger partial charge in [0, 0.05) is 5.56 Å². The standard InChI is InChI=1S/C14H12FNO2/c1-9-5-6-13(16-14(17)18)12(7-9)10-3-2-4-11(15)8-10/h2-8,16H,1H3,(H,17,18). The van der Waals surface area contributed by atoms with E-state index < -0.39 is 6.09 Å². The Labute approximate surface area is 104 Å². The zero-order valence-corrected chi connectivity index (χ0v) is 9.77. The molecule has 0 aliphatic heterocycles. The van der Waals surface area contributed by atoms with E-state index in [0.717, 1.165) is 5.56 Å². The fourth-order valence-electron chi connectivity index (χ4n) is 1.78. The summed E-state index contributed by atoms with van der Waals surface area (Å²) < 4.78 is 13.2. The van der Waals surface area contributed by atoms with E-state index in [0.29, 0.717) is 16.8 Å².